The SMILES string of the molecule is CCN(CC)C(=O)Nc1cccc(C)c1C. The van der Waals surface area contributed by atoms with Crippen molar-refractivity contribution in [3.05, 3.63) is 29.3 Å². The molecule has 0 heterocycles. The van der Waals surface area contributed by atoms with Crippen LogP contribution in [-0.2, 0) is 0 Å². The van der Waals surface area contributed by atoms with Gasteiger partial charge in [0.1, 0.15) is 0 Å². The third-order valence-corrected chi connectivity index (χ3v) is 2.90. The molecule has 1 N–H and O–H groups in total. The predicted molar refractivity (Wildman–Crippen MR) is 67.9 cm³/mol. The second-order valence-electron chi connectivity index (χ2n) is 3.85. The number of carbonyl (C=O) groups is 1. The van der Waals surface area contributed by atoms with E-state index in [1.807, 2.05) is 45.9 Å². The Morgan fingerprint density at radius 1 is 1.25 bits per heavy atom. The van der Waals surface area contributed by atoms with Gasteiger partial charge in [-0.05, 0) is 44.9 Å². The monoisotopic (exact) mass is 220 g/mol. The maximum Gasteiger partial charge on any atom is 0.321 e. The Bertz CT molecular complexity index is 370. The Kier molecular flexibility index (Phi) is 4.35. The van der Waals surface area contributed by atoms with Crippen LogP contribution in [0.3, 0.4) is 0 Å². The number of nitrogens with zero attached hydrogens (tertiary/aromatic N) is 1. The summed E-state index contributed by atoms with van der Waals surface area (Å²) in [6.07, 6.45) is 0. The molecule has 0 unspecified atom stereocenters. The first kappa shape index (κ1) is 12.6. The zero-order valence-electron chi connectivity index (χ0n) is 10.5. The number of nitrogens with one attached hydrogen (secondary N) is 1. The van der Waals surface area contributed by atoms with Gasteiger partial charge in [0.15, 0.2) is 0 Å². The molecular formula is C13H20N2O. The van der Waals surface area contributed by atoms with E-state index in [4.69, 9.17) is 0 Å². The summed E-state index contributed by atoms with van der Waals surface area (Å²) in [6.45, 7) is 9.48. The fraction of sp³-hybridized carbons (Fsp3) is 0.462. The largest absolute Gasteiger partial charge is 0.325 e. The third-order valence-electron chi connectivity index (χ3n) is 2.90. The lowest BCUT2D eigenvalue weighted by Gasteiger charge is -2.20. The van der Waals surface area contributed by atoms with Crippen molar-refractivity contribution in [3.8, 4) is 0 Å². The first-order valence-corrected chi connectivity index (χ1v) is 5.72. The first-order chi connectivity index (χ1) is 7.60. The normalized spacial score (nSPS) is 10.0. The number of aryl methyl sites for hydroxylation is 1. The minimum atomic E-state index is -0.0290. The van der Waals surface area contributed by atoms with E-state index in [1.165, 1.54) is 5.56 Å². The lowest BCUT2D eigenvalue weighted by molar-refractivity contribution is 0.217. The van der Waals surface area contributed by atoms with Crippen LogP contribution in [0.25, 0.3) is 0 Å². The molecule has 0 spiro atoms. The number of hydrogen-bond acceptors (Lipinski definition) is 1. The van der Waals surface area contributed by atoms with Gasteiger partial charge in [-0.3, -0.25) is 0 Å². The molecule has 1 rings (SSSR count). The minimum absolute atomic E-state index is 0.0290. The van der Waals surface area contributed by atoms with Gasteiger partial charge in [-0.2, -0.15) is 0 Å². The predicted octanol–water partition coefficient (Wildman–Crippen LogP) is 3.18. The fourth-order valence-corrected chi connectivity index (χ4v) is 1.59. The topological polar surface area (TPSA) is 32.3 Å². The molecule has 0 atom stereocenters. The van der Waals surface area contributed by atoms with Crippen LogP contribution < -0.4 is 5.32 Å². The summed E-state index contributed by atoms with van der Waals surface area (Å²) < 4.78 is 0. The minimum Gasteiger partial charge on any atom is -0.325 e. The smallest absolute Gasteiger partial charge is 0.321 e. The third kappa shape index (κ3) is 2.75. The van der Waals surface area contributed by atoms with Crippen LogP contribution in [0.5, 0.6) is 0 Å². The lowest BCUT2D eigenvalue weighted by Crippen LogP contribution is -2.34. The lowest BCUT2D eigenvalue weighted by atomic mass is 10.1. The van der Waals surface area contributed by atoms with Crippen LogP contribution in [0.2, 0.25) is 0 Å². The second kappa shape index (κ2) is 5.54. The fourth-order valence-electron chi connectivity index (χ4n) is 1.59. The molecule has 0 saturated heterocycles. The number of urea groups is 1. The maximum atomic E-state index is 11.9. The maximum absolute atomic E-state index is 11.9. The van der Waals surface area contributed by atoms with Gasteiger partial charge in [-0.25, -0.2) is 4.79 Å². The van der Waals surface area contributed by atoms with Crippen LogP contribution in [0.1, 0.15) is 25.0 Å². The van der Waals surface area contributed by atoms with Crippen LogP contribution >= 0.6 is 0 Å². The van der Waals surface area contributed by atoms with Crippen molar-refractivity contribution >= 4 is 11.7 Å². The van der Waals surface area contributed by atoms with Crippen molar-refractivity contribution in [1.29, 1.82) is 0 Å². The Labute approximate surface area is 97.5 Å². The van der Waals surface area contributed by atoms with E-state index >= 15 is 0 Å². The van der Waals surface area contributed by atoms with Crippen LogP contribution in [0.15, 0.2) is 18.2 Å². The highest BCUT2D eigenvalue weighted by atomic mass is 16.2. The van der Waals surface area contributed by atoms with E-state index in [0.29, 0.717) is 0 Å². The van der Waals surface area contributed by atoms with E-state index in [-0.39, 0.29) is 6.03 Å². The molecule has 16 heavy (non-hydrogen) atoms. The molecule has 0 saturated carbocycles. The standard InChI is InChI=1S/C13H20N2O/c1-5-15(6-2)13(16)14-12-9-7-8-10(3)11(12)4/h7-9H,5-6H2,1-4H3,(H,14,16). The van der Waals surface area contributed by atoms with Gasteiger partial charge in [-0.1, -0.05) is 12.1 Å². The summed E-state index contributed by atoms with van der Waals surface area (Å²) >= 11 is 0. The summed E-state index contributed by atoms with van der Waals surface area (Å²) in [4.78, 5) is 13.6. The van der Waals surface area contributed by atoms with Gasteiger partial charge in [0, 0.05) is 18.8 Å². The molecule has 88 valence electrons. The van der Waals surface area contributed by atoms with Crippen LogP contribution in [0.4, 0.5) is 10.5 Å². The van der Waals surface area contributed by atoms with Crippen molar-refractivity contribution in [2.45, 2.75) is 27.7 Å². The average molecular weight is 220 g/mol. The van der Waals surface area contributed by atoms with Crippen LogP contribution in [-0.4, -0.2) is 24.0 Å². The summed E-state index contributed by atoms with van der Waals surface area (Å²) in [6, 6.07) is 5.91. The highest BCUT2D eigenvalue weighted by Crippen LogP contribution is 2.18. The van der Waals surface area contributed by atoms with E-state index in [1.54, 1.807) is 4.90 Å². The summed E-state index contributed by atoms with van der Waals surface area (Å²) in [5.41, 5.74) is 3.22. The highest BCUT2D eigenvalue weighted by molar-refractivity contribution is 5.90. The van der Waals surface area contributed by atoms with Crippen molar-refractivity contribution in [2.24, 2.45) is 0 Å². The summed E-state index contributed by atoms with van der Waals surface area (Å²) in [5.74, 6) is 0. The number of benzene rings is 1. The molecule has 0 aliphatic carbocycles. The Hall–Kier alpha value is -1.51. The molecule has 0 fully saturated rings. The highest BCUT2D eigenvalue weighted by Gasteiger charge is 2.10. The Morgan fingerprint density at radius 3 is 2.44 bits per heavy atom. The van der Waals surface area contributed by atoms with Gasteiger partial charge in [0.05, 0.1) is 0 Å². The Morgan fingerprint density at radius 2 is 1.88 bits per heavy atom. The second-order valence-corrected chi connectivity index (χ2v) is 3.85. The van der Waals surface area contributed by atoms with Crippen molar-refractivity contribution in [1.82, 2.24) is 4.90 Å². The average Bonchev–Trinajstić information content (AvgIpc) is 2.26. The van der Waals surface area contributed by atoms with Gasteiger partial charge in [0.2, 0.25) is 0 Å². The molecular weight excluding hydrogens is 200 g/mol. The van der Waals surface area contributed by atoms with Crippen molar-refractivity contribution in [2.75, 3.05) is 18.4 Å². The quantitative estimate of drug-likeness (QED) is 0.833. The molecule has 0 radical (unpaired) electrons. The number of carbonyl (C=O) groups excluding carboxylic acids is 1. The molecule has 2 amide bonds. The van der Waals surface area contributed by atoms with Gasteiger partial charge in [0.25, 0.3) is 0 Å². The van der Waals surface area contributed by atoms with E-state index in [0.717, 1.165) is 24.3 Å². The number of amides is 2. The van der Waals surface area contributed by atoms with E-state index in [9.17, 15) is 4.79 Å². The summed E-state index contributed by atoms with van der Waals surface area (Å²) in [5, 5.41) is 2.94. The van der Waals surface area contributed by atoms with Crippen molar-refractivity contribution < 1.29 is 4.79 Å². The van der Waals surface area contributed by atoms with E-state index < -0.39 is 0 Å². The molecule has 0 aliphatic rings. The molecule has 3 nitrogen and oxygen atoms in total. The van der Waals surface area contributed by atoms with Gasteiger partial charge < -0.3 is 10.2 Å². The summed E-state index contributed by atoms with van der Waals surface area (Å²) in [7, 11) is 0. The number of anilines is 1. The zero-order chi connectivity index (χ0) is 12.1. The molecule has 0 aromatic heterocycles. The molecule has 0 bridgehead atoms. The molecule has 1 aromatic carbocycles. The zero-order valence-corrected chi connectivity index (χ0v) is 10.5. The van der Waals surface area contributed by atoms with Gasteiger partial charge >= 0.3 is 6.03 Å². The number of hydrogen-bond donors (Lipinski definition) is 1. The first-order valence-electron chi connectivity index (χ1n) is 5.72. The molecule has 1 aromatic rings. The molecule has 0 aliphatic heterocycles. The van der Waals surface area contributed by atoms with E-state index in [2.05, 4.69) is 5.32 Å². The van der Waals surface area contributed by atoms with Gasteiger partial charge in [-0.15, -0.1) is 0 Å². The Balaban J connectivity index is 2.80. The number of rotatable bonds is 3. The molecule has 3 heteroatoms. The van der Waals surface area contributed by atoms with Crippen molar-refractivity contribution in [3.63, 3.8) is 0 Å². The van der Waals surface area contributed by atoms with Crippen LogP contribution in [0, 0.1) is 13.8 Å².